The fourth-order valence-electron chi connectivity index (χ4n) is 1.15. The summed E-state index contributed by atoms with van der Waals surface area (Å²) in [6, 6.07) is -0.393. The minimum Gasteiger partial charge on any atom is -0.481 e. The molecule has 0 aliphatic heterocycles. The molecule has 0 aliphatic carbocycles. The Morgan fingerprint density at radius 3 is 2.50 bits per heavy atom. The summed E-state index contributed by atoms with van der Waals surface area (Å²) >= 11 is 0. The fourth-order valence-corrected chi connectivity index (χ4v) is 1.15. The Morgan fingerprint density at radius 1 is 1.50 bits per heavy atom. The van der Waals surface area contributed by atoms with E-state index in [0.717, 1.165) is 0 Å². The first-order valence-corrected chi connectivity index (χ1v) is 5.04. The molecule has 0 bridgehead atoms. The van der Waals surface area contributed by atoms with Gasteiger partial charge >= 0.3 is 5.97 Å². The Morgan fingerprint density at radius 2 is 2.06 bits per heavy atom. The maximum Gasteiger partial charge on any atom is 0.307 e. The van der Waals surface area contributed by atoms with Crippen LogP contribution in [0.3, 0.4) is 0 Å². The van der Waals surface area contributed by atoms with Gasteiger partial charge in [-0.2, -0.15) is 0 Å². The van der Waals surface area contributed by atoms with Crippen LogP contribution in [0.15, 0.2) is 0 Å². The van der Waals surface area contributed by atoms with E-state index >= 15 is 0 Å². The van der Waals surface area contributed by atoms with Gasteiger partial charge in [-0.25, -0.2) is 0 Å². The minimum absolute atomic E-state index is 0.186. The molecule has 0 fully saturated rings. The largest absolute Gasteiger partial charge is 0.481 e. The van der Waals surface area contributed by atoms with E-state index in [1.165, 1.54) is 0 Å². The molecule has 90 valence electrons. The van der Waals surface area contributed by atoms with Crippen LogP contribution < -0.4 is 5.32 Å². The summed E-state index contributed by atoms with van der Waals surface area (Å²) in [5, 5.41) is 11.3. The summed E-state index contributed by atoms with van der Waals surface area (Å²) in [4.78, 5) is 23.8. The van der Waals surface area contributed by atoms with Gasteiger partial charge in [-0.1, -0.05) is 12.8 Å². The number of nitrogens with one attached hydrogen (secondary N) is 1. The Balaban J connectivity index is 4.17. The maximum atomic E-state index is 11.5. The quantitative estimate of drug-likeness (QED) is 0.614. The number of aliphatic carboxylic acids is 1. The number of likely N-dealkylation sites (N-methyl/N-ethyl adjacent to an activating group) is 1. The summed E-state index contributed by atoms with van der Waals surface area (Å²) < 4.78 is 0. The van der Waals surface area contributed by atoms with Gasteiger partial charge in [-0.3, -0.25) is 14.5 Å². The van der Waals surface area contributed by atoms with Crippen molar-refractivity contribution in [1.82, 2.24) is 10.2 Å². The van der Waals surface area contributed by atoms with E-state index in [1.807, 2.05) is 0 Å². The zero-order valence-electron chi connectivity index (χ0n) is 9.86. The third-order valence-corrected chi connectivity index (χ3v) is 2.39. The molecule has 5 heteroatoms. The van der Waals surface area contributed by atoms with Crippen LogP contribution >= 0.6 is 0 Å². The molecule has 16 heavy (non-hydrogen) atoms. The number of hydrogen-bond acceptors (Lipinski definition) is 3. The number of carbonyl (C=O) groups excluding carboxylic acids is 1. The highest BCUT2D eigenvalue weighted by atomic mass is 16.4. The predicted octanol–water partition coefficient (Wildman–Crippen LogP) is -0.223. The monoisotopic (exact) mass is 226 g/mol. The standard InChI is InChI=1S/C11H18N2O3/c1-5-6-12-10(14)9(3)13(4)7-8(2)11(15)16/h1,8-9H,6-7H2,2-4H3,(H,12,14)(H,15,16). The smallest absolute Gasteiger partial charge is 0.307 e. The number of amides is 1. The van der Waals surface area contributed by atoms with Gasteiger partial charge in [0.1, 0.15) is 0 Å². The van der Waals surface area contributed by atoms with Crippen molar-refractivity contribution in [2.75, 3.05) is 20.1 Å². The van der Waals surface area contributed by atoms with Crippen LogP contribution in [0, 0.1) is 18.3 Å². The van der Waals surface area contributed by atoms with Crippen LogP contribution in [0.5, 0.6) is 0 Å². The van der Waals surface area contributed by atoms with Crippen molar-refractivity contribution in [2.45, 2.75) is 19.9 Å². The second-order valence-corrected chi connectivity index (χ2v) is 3.78. The molecule has 0 radical (unpaired) electrons. The molecule has 5 nitrogen and oxygen atoms in total. The third-order valence-electron chi connectivity index (χ3n) is 2.39. The number of carbonyl (C=O) groups is 2. The summed E-state index contributed by atoms with van der Waals surface area (Å²) in [6.45, 7) is 3.82. The van der Waals surface area contributed by atoms with E-state index in [0.29, 0.717) is 6.54 Å². The highest BCUT2D eigenvalue weighted by molar-refractivity contribution is 5.81. The Bertz CT molecular complexity index is 296. The average Bonchev–Trinajstić information content (AvgIpc) is 2.24. The van der Waals surface area contributed by atoms with Crippen LogP contribution in [0.4, 0.5) is 0 Å². The molecule has 0 rings (SSSR count). The third kappa shape index (κ3) is 4.80. The van der Waals surface area contributed by atoms with Crippen molar-refractivity contribution < 1.29 is 14.7 Å². The molecule has 2 unspecified atom stereocenters. The molecule has 0 spiro atoms. The van der Waals surface area contributed by atoms with Gasteiger partial charge in [0.25, 0.3) is 0 Å². The lowest BCUT2D eigenvalue weighted by atomic mass is 10.1. The van der Waals surface area contributed by atoms with Crippen molar-refractivity contribution in [3.63, 3.8) is 0 Å². The number of rotatable bonds is 6. The zero-order valence-corrected chi connectivity index (χ0v) is 9.86. The Labute approximate surface area is 95.8 Å². The van der Waals surface area contributed by atoms with E-state index in [9.17, 15) is 9.59 Å². The second kappa shape index (κ2) is 6.85. The molecule has 0 saturated heterocycles. The van der Waals surface area contributed by atoms with Gasteiger partial charge < -0.3 is 10.4 Å². The first kappa shape index (κ1) is 14.5. The van der Waals surface area contributed by atoms with Crippen LogP contribution in [-0.2, 0) is 9.59 Å². The summed E-state index contributed by atoms with van der Waals surface area (Å²) in [7, 11) is 1.71. The van der Waals surface area contributed by atoms with Crippen molar-refractivity contribution >= 4 is 11.9 Å². The molecular weight excluding hydrogens is 208 g/mol. The number of carboxylic acid groups (broad SMARTS) is 1. The molecule has 2 atom stereocenters. The summed E-state index contributed by atoms with van der Waals surface area (Å²) in [5.74, 6) is 0.732. The van der Waals surface area contributed by atoms with Gasteiger partial charge in [0, 0.05) is 6.54 Å². The predicted molar refractivity (Wildman–Crippen MR) is 60.7 cm³/mol. The lowest BCUT2D eigenvalue weighted by molar-refractivity contribution is -0.142. The molecule has 1 amide bonds. The maximum absolute atomic E-state index is 11.5. The van der Waals surface area contributed by atoms with Crippen molar-refractivity contribution in [3.05, 3.63) is 0 Å². The number of carboxylic acids is 1. The second-order valence-electron chi connectivity index (χ2n) is 3.78. The van der Waals surface area contributed by atoms with E-state index < -0.39 is 17.9 Å². The fraction of sp³-hybridized carbons (Fsp3) is 0.636. The summed E-state index contributed by atoms with van der Waals surface area (Å²) in [6.07, 6.45) is 5.02. The van der Waals surface area contributed by atoms with Gasteiger partial charge in [0.05, 0.1) is 18.5 Å². The molecular formula is C11H18N2O3. The SMILES string of the molecule is C#CCNC(=O)C(C)N(C)CC(C)C(=O)O. The van der Waals surface area contributed by atoms with Crippen molar-refractivity contribution in [2.24, 2.45) is 5.92 Å². The Hall–Kier alpha value is -1.54. The van der Waals surface area contributed by atoms with Gasteiger partial charge in [0.2, 0.25) is 5.91 Å². The van der Waals surface area contributed by atoms with E-state index in [-0.39, 0.29) is 12.5 Å². The Kier molecular flexibility index (Phi) is 6.19. The van der Waals surface area contributed by atoms with Crippen LogP contribution in [0.2, 0.25) is 0 Å². The average molecular weight is 226 g/mol. The lowest BCUT2D eigenvalue weighted by Gasteiger charge is -2.25. The topological polar surface area (TPSA) is 69.6 Å². The first-order valence-electron chi connectivity index (χ1n) is 5.04. The number of nitrogens with zero attached hydrogens (tertiary/aromatic N) is 1. The molecule has 0 heterocycles. The summed E-state index contributed by atoms with van der Waals surface area (Å²) in [5.41, 5.74) is 0. The first-order chi connectivity index (χ1) is 7.40. The molecule has 0 saturated carbocycles. The normalized spacial score (nSPS) is 13.9. The zero-order chi connectivity index (χ0) is 12.7. The van der Waals surface area contributed by atoms with Crippen LogP contribution in [-0.4, -0.2) is 48.1 Å². The van der Waals surface area contributed by atoms with Crippen molar-refractivity contribution in [1.29, 1.82) is 0 Å². The highest BCUT2D eigenvalue weighted by Gasteiger charge is 2.21. The van der Waals surface area contributed by atoms with Crippen molar-refractivity contribution in [3.8, 4) is 12.3 Å². The number of terminal acetylenes is 1. The lowest BCUT2D eigenvalue weighted by Crippen LogP contribution is -2.45. The molecule has 0 aromatic carbocycles. The molecule has 2 N–H and O–H groups in total. The molecule has 0 aromatic heterocycles. The van der Waals surface area contributed by atoms with Crippen LogP contribution in [0.1, 0.15) is 13.8 Å². The van der Waals surface area contributed by atoms with E-state index in [1.54, 1.807) is 25.8 Å². The van der Waals surface area contributed by atoms with E-state index in [2.05, 4.69) is 11.2 Å². The minimum atomic E-state index is -0.872. The van der Waals surface area contributed by atoms with Gasteiger partial charge in [-0.15, -0.1) is 6.42 Å². The number of hydrogen-bond donors (Lipinski definition) is 2. The van der Waals surface area contributed by atoms with Gasteiger partial charge in [-0.05, 0) is 14.0 Å². The molecule has 0 aromatic rings. The molecule has 0 aliphatic rings. The highest BCUT2D eigenvalue weighted by Crippen LogP contribution is 2.02. The van der Waals surface area contributed by atoms with Crippen LogP contribution in [0.25, 0.3) is 0 Å². The van der Waals surface area contributed by atoms with Gasteiger partial charge in [0.15, 0.2) is 0 Å². The van der Waals surface area contributed by atoms with E-state index in [4.69, 9.17) is 11.5 Å².